The van der Waals surface area contributed by atoms with E-state index < -0.39 is 11.8 Å². The highest BCUT2D eigenvalue weighted by molar-refractivity contribution is 6.35. The summed E-state index contributed by atoms with van der Waals surface area (Å²) in [6.45, 7) is 0. The van der Waals surface area contributed by atoms with Crippen LogP contribution in [0.2, 0.25) is 10.0 Å². The third-order valence-electron chi connectivity index (χ3n) is 1.73. The standard InChI is InChI=1S/C8H4Cl2N4O2/c9-4-1-2-6(5(10)3-4)14-12-7(8(15)16)11-13-14/h1-3H,(H,15,16). The number of aromatic carboxylic acids is 1. The summed E-state index contributed by atoms with van der Waals surface area (Å²) in [4.78, 5) is 11.6. The Morgan fingerprint density at radius 3 is 2.69 bits per heavy atom. The van der Waals surface area contributed by atoms with Gasteiger partial charge in [-0.15, -0.1) is 15.0 Å². The van der Waals surface area contributed by atoms with Crippen molar-refractivity contribution in [2.45, 2.75) is 0 Å². The molecule has 0 amide bonds. The van der Waals surface area contributed by atoms with Gasteiger partial charge in [-0.25, -0.2) is 4.79 Å². The number of hydrogen-bond donors (Lipinski definition) is 1. The van der Waals surface area contributed by atoms with E-state index in [0.29, 0.717) is 15.7 Å². The average Bonchev–Trinajstić information content (AvgIpc) is 2.66. The minimum atomic E-state index is -1.25. The van der Waals surface area contributed by atoms with E-state index in [1.54, 1.807) is 12.1 Å². The number of tetrazole rings is 1. The molecule has 1 aromatic heterocycles. The molecule has 0 aliphatic heterocycles. The van der Waals surface area contributed by atoms with E-state index in [-0.39, 0.29) is 0 Å². The smallest absolute Gasteiger partial charge is 0.377 e. The fourth-order valence-electron chi connectivity index (χ4n) is 1.05. The molecule has 8 heteroatoms. The molecule has 0 unspecified atom stereocenters. The first-order chi connectivity index (χ1) is 7.58. The van der Waals surface area contributed by atoms with Crippen molar-refractivity contribution >= 4 is 29.2 Å². The van der Waals surface area contributed by atoms with Gasteiger partial charge in [0, 0.05) is 5.02 Å². The summed E-state index contributed by atoms with van der Waals surface area (Å²) in [6, 6.07) is 4.66. The van der Waals surface area contributed by atoms with Crippen LogP contribution in [0.15, 0.2) is 18.2 Å². The zero-order valence-electron chi connectivity index (χ0n) is 7.63. The van der Waals surface area contributed by atoms with Gasteiger partial charge in [-0.05, 0) is 23.4 Å². The quantitative estimate of drug-likeness (QED) is 0.887. The van der Waals surface area contributed by atoms with Crippen LogP contribution in [0.3, 0.4) is 0 Å². The number of hydrogen-bond acceptors (Lipinski definition) is 4. The molecule has 1 aromatic carbocycles. The summed E-state index contributed by atoms with van der Waals surface area (Å²) in [5, 5.41) is 19.9. The van der Waals surface area contributed by atoms with E-state index >= 15 is 0 Å². The molecule has 16 heavy (non-hydrogen) atoms. The number of carboxylic acids is 1. The highest BCUT2D eigenvalue weighted by Gasteiger charge is 2.13. The van der Waals surface area contributed by atoms with Gasteiger partial charge in [-0.2, -0.15) is 0 Å². The topological polar surface area (TPSA) is 80.9 Å². The van der Waals surface area contributed by atoms with Crippen molar-refractivity contribution in [1.29, 1.82) is 0 Å². The fraction of sp³-hybridized carbons (Fsp3) is 0. The zero-order valence-corrected chi connectivity index (χ0v) is 9.14. The maximum Gasteiger partial charge on any atom is 0.377 e. The molecule has 0 atom stereocenters. The molecule has 0 saturated heterocycles. The van der Waals surface area contributed by atoms with Gasteiger partial charge in [-0.1, -0.05) is 23.2 Å². The molecule has 0 aliphatic carbocycles. The molecular formula is C8H4Cl2N4O2. The Morgan fingerprint density at radius 1 is 1.38 bits per heavy atom. The minimum absolute atomic E-state index is 0.307. The number of rotatable bonds is 2. The number of carbonyl (C=O) groups is 1. The molecule has 0 radical (unpaired) electrons. The number of nitrogens with zero attached hydrogens (tertiary/aromatic N) is 4. The molecule has 82 valence electrons. The maximum atomic E-state index is 10.6. The van der Waals surface area contributed by atoms with Gasteiger partial charge in [-0.3, -0.25) is 0 Å². The first-order valence-corrected chi connectivity index (χ1v) is 4.82. The van der Waals surface area contributed by atoms with Crippen molar-refractivity contribution in [3.05, 3.63) is 34.1 Å². The summed E-state index contributed by atoms with van der Waals surface area (Å²) < 4.78 is 0. The Balaban J connectivity index is 2.46. The number of halogens is 2. The zero-order chi connectivity index (χ0) is 11.7. The van der Waals surface area contributed by atoms with Crippen LogP contribution in [0.25, 0.3) is 5.69 Å². The summed E-state index contributed by atoms with van der Waals surface area (Å²) in [5.41, 5.74) is 0.408. The second-order valence-electron chi connectivity index (χ2n) is 2.80. The van der Waals surface area contributed by atoms with Gasteiger partial charge >= 0.3 is 5.97 Å². The van der Waals surface area contributed by atoms with E-state index in [9.17, 15) is 4.79 Å². The lowest BCUT2D eigenvalue weighted by atomic mass is 10.3. The summed E-state index contributed by atoms with van der Waals surface area (Å²) in [7, 11) is 0. The van der Waals surface area contributed by atoms with Crippen molar-refractivity contribution < 1.29 is 9.90 Å². The van der Waals surface area contributed by atoms with Gasteiger partial charge < -0.3 is 5.11 Å². The van der Waals surface area contributed by atoms with Gasteiger partial charge in [0.05, 0.1) is 5.02 Å². The Labute approximate surface area is 99.4 Å². The molecule has 0 saturated carbocycles. The summed E-state index contributed by atoms with van der Waals surface area (Å²) in [5.74, 6) is -1.65. The molecular weight excluding hydrogens is 255 g/mol. The van der Waals surface area contributed by atoms with Crippen molar-refractivity contribution in [2.75, 3.05) is 0 Å². The van der Waals surface area contributed by atoms with Crippen LogP contribution in [0.5, 0.6) is 0 Å². The normalized spacial score (nSPS) is 10.4. The van der Waals surface area contributed by atoms with Gasteiger partial charge in [0.15, 0.2) is 0 Å². The van der Waals surface area contributed by atoms with Crippen LogP contribution in [0.1, 0.15) is 10.6 Å². The SMILES string of the molecule is O=C(O)c1nnn(-c2ccc(Cl)cc2Cl)n1. The third kappa shape index (κ3) is 1.98. The van der Waals surface area contributed by atoms with Crippen LogP contribution >= 0.6 is 23.2 Å². The second-order valence-corrected chi connectivity index (χ2v) is 3.65. The van der Waals surface area contributed by atoms with Gasteiger partial charge in [0.1, 0.15) is 5.69 Å². The second kappa shape index (κ2) is 4.07. The van der Waals surface area contributed by atoms with E-state index in [0.717, 1.165) is 4.80 Å². The molecule has 0 bridgehead atoms. The van der Waals surface area contributed by atoms with Gasteiger partial charge in [0.2, 0.25) is 0 Å². The molecule has 1 heterocycles. The fourth-order valence-corrected chi connectivity index (χ4v) is 1.53. The monoisotopic (exact) mass is 258 g/mol. The first kappa shape index (κ1) is 10.8. The lowest BCUT2D eigenvalue weighted by Crippen LogP contribution is -2.02. The van der Waals surface area contributed by atoms with Crippen molar-refractivity contribution in [3.63, 3.8) is 0 Å². The molecule has 0 aliphatic rings. The van der Waals surface area contributed by atoms with Crippen LogP contribution in [0.4, 0.5) is 0 Å². The minimum Gasteiger partial charge on any atom is -0.475 e. The molecule has 2 rings (SSSR count). The molecule has 1 N–H and O–H groups in total. The van der Waals surface area contributed by atoms with Crippen LogP contribution in [-0.4, -0.2) is 31.3 Å². The lowest BCUT2D eigenvalue weighted by Gasteiger charge is -2.00. The molecule has 0 fully saturated rings. The Hall–Kier alpha value is -1.66. The van der Waals surface area contributed by atoms with E-state index in [1.165, 1.54) is 6.07 Å². The average molecular weight is 259 g/mol. The molecule has 2 aromatic rings. The number of carboxylic acid groups (broad SMARTS) is 1. The van der Waals surface area contributed by atoms with Crippen molar-refractivity contribution in [1.82, 2.24) is 20.2 Å². The summed E-state index contributed by atoms with van der Waals surface area (Å²) in [6.07, 6.45) is 0. The summed E-state index contributed by atoms with van der Waals surface area (Å²) >= 11 is 11.6. The molecule has 0 spiro atoms. The number of aromatic nitrogens is 4. The number of benzene rings is 1. The Morgan fingerprint density at radius 2 is 2.12 bits per heavy atom. The van der Waals surface area contributed by atoms with E-state index in [1.807, 2.05) is 0 Å². The first-order valence-electron chi connectivity index (χ1n) is 4.06. The van der Waals surface area contributed by atoms with Crippen molar-refractivity contribution in [3.8, 4) is 5.69 Å². The molecule has 6 nitrogen and oxygen atoms in total. The van der Waals surface area contributed by atoms with Crippen LogP contribution < -0.4 is 0 Å². The third-order valence-corrected chi connectivity index (χ3v) is 2.27. The predicted octanol–water partition coefficient (Wildman–Crippen LogP) is 1.67. The highest BCUT2D eigenvalue weighted by Crippen LogP contribution is 2.22. The van der Waals surface area contributed by atoms with E-state index in [4.69, 9.17) is 28.3 Å². The largest absolute Gasteiger partial charge is 0.475 e. The Kier molecular flexibility index (Phi) is 2.76. The Bertz CT molecular complexity index is 555. The predicted molar refractivity (Wildman–Crippen MR) is 56.1 cm³/mol. The maximum absolute atomic E-state index is 10.6. The van der Waals surface area contributed by atoms with Crippen LogP contribution in [0, 0.1) is 0 Å². The highest BCUT2D eigenvalue weighted by atomic mass is 35.5. The lowest BCUT2D eigenvalue weighted by molar-refractivity contribution is 0.0683. The van der Waals surface area contributed by atoms with Gasteiger partial charge in [0.25, 0.3) is 5.82 Å². The van der Waals surface area contributed by atoms with E-state index in [2.05, 4.69) is 15.4 Å². The van der Waals surface area contributed by atoms with Crippen LogP contribution in [-0.2, 0) is 0 Å². The van der Waals surface area contributed by atoms with Crippen molar-refractivity contribution in [2.24, 2.45) is 0 Å².